The fraction of sp³-hybridized carbons (Fsp3) is 0.722. The Morgan fingerprint density at radius 2 is 2.12 bits per heavy atom. The van der Waals surface area contributed by atoms with Gasteiger partial charge in [-0.2, -0.15) is 10.1 Å². The zero-order valence-electron chi connectivity index (χ0n) is 15.5. The molecule has 24 heavy (non-hydrogen) atoms. The predicted molar refractivity (Wildman–Crippen MR) is 97.6 cm³/mol. The molecule has 0 saturated carbocycles. The molecule has 0 amide bonds. The number of aromatic nitrogens is 4. The van der Waals surface area contributed by atoms with E-state index in [9.17, 15) is 4.79 Å². The second kappa shape index (κ2) is 5.90. The summed E-state index contributed by atoms with van der Waals surface area (Å²) in [6, 6.07) is 0. The van der Waals surface area contributed by atoms with Gasteiger partial charge in [0, 0.05) is 13.1 Å². The number of hydrogen-bond donors (Lipinski definition) is 1. The molecule has 1 aliphatic heterocycles. The lowest BCUT2D eigenvalue weighted by atomic mass is 9.78. The molecular formula is C18H29N5O. The van der Waals surface area contributed by atoms with Crippen molar-refractivity contribution in [3.8, 4) is 0 Å². The fourth-order valence-electron chi connectivity index (χ4n) is 3.85. The molecule has 1 fully saturated rings. The summed E-state index contributed by atoms with van der Waals surface area (Å²) >= 11 is 0. The van der Waals surface area contributed by atoms with Gasteiger partial charge < -0.3 is 4.90 Å². The first-order chi connectivity index (χ1) is 11.2. The molecule has 0 spiro atoms. The molecule has 0 aliphatic carbocycles. The second-order valence-electron chi connectivity index (χ2n) is 8.44. The average Bonchev–Trinajstić information content (AvgIpc) is 2.91. The van der Waals surface area contributed by atoms with Gasteiger partial charge in [0.1, 0.15) is 5.39 Å². The van der Waals surface area contributed by atoms with Crippen LogP contribution in [0.5, 0.6) is 0 Å². The molecule has 1 aliphatic rings. The Morgan fingerprint density at radius 1 is 1.38 bits per heavy atom. The largest absolute Gasteiger partial charge is 0.342 e. The van der Waals surface area contributed by atoms with Crippen LogP contribution in [0, 0.1) is 5.41 Å². The van der Waals surface area contributed by atoms with E-state index in [0.717, 1.165) is 19.5 Å². The molecule has 1 N–H and O–H groups in total. The Kier molecular flexibility index (Phi) is 4.18. The third-order valence-electron chi connectivity index (χ3n) is 5.00. The van der Waals surface area contributed by atoms with Gasteiger partial charge in [0.25, 0.3) is 5.56 Å². The molecule has 0 aromatic carbocycles. The second-order valence-corrected chi connectivity index (χ2v) is 8.44. The van der Waals surface area contributed by atoms with Gasteiger partial charge in [-0.1, -0.05) is 20.3 Å². The van der Waals surface area contributed by atoms with Crippen LogP contribution in [0.15, 0.2) is 11.0 Å². The van der Waals surface area contributed by atoms with E-state index in [1.54, 1.807) is 6.20 Å². The van der Waals surface area contributed by atoms with E-state index in [0.29, 0.717) is 22.4 Å². The van der Waals surface area contributed by atoms with E-state index < -0.39 is 0 Å². The summed E-state index contributed by atoms with van der Waals surface area (Å²) in [5.74, 6) is 0.681. The molecule has 1 saturated heterocycles. The van der Waals surface area contributed by atoms with Crippen molar-refractivity contribution in [3.05, 3.63) is 16.6 Å². The molecule has 132 valence electrons. The highest BCUT2D eigenvalue weighted by molar-refractivity contribution is 5.74. The minimum Gasteiger partial charge on any atom is -0.342 e. The van der Waals surface area contributed by atoms with E-state index in [-0.39, 0.29) is 11.1 Å². The van der Waals surface area contributed by atoms with Gasteiger partial charge in [-0.25, -0.2) is 4.68 Å². The minimum atomic E-state index is -0.210. The lowest BCUT2D eigenvalue weighted by Crippen LogP contribution is -2.43. The third kappa shape index (κ3) is 3.06. The Hall–Kier alpha value is -1.85. The monoisotopic (exact) mass is 331 g/mol. The van der Waals surface area contributed by atoms with Crippen LogP contribution in [-0.4, -0.2) is 32.8 Å². The zero-order chi connectivity index (χ0) is 17.5. The molecule has 2 aromatic heterocycles. The molecule has 3 heterocycles. The highest BCUT2D eigenvalue weighted by Gasteiger charge is 2.31. The number of H-pyrrole nitrogens is 1. The highest BCUT2D eigenvalue weighted by atomic mass is 16.1. The average molecular weight is 331 g/mol. The van der Waals surface area contributed by atoms with E-state index in [1.165, 1.54) is 19.3 Å². The summed E-state index contributed by atoms with van der Waals surface area (Å²) in [6.45, 7) is 12.7. The SMILES string of the molecule is CCCC1(C)CCCN(c2nc3c(cnn3C(C)(C)C)c(=O)[nH]2)C1. The Bertz CT molecular complexity index is 781. The molecule has 3 rings (SSSR count). The number of piperidine rings is 1. The first-order valence-corrected chi connectivity index (χ1v) is 8.97. The molecular weight excluding hydrogens is 302 g/mol. The third-order valence-corrected chi connectivity index (χ3v) is 5.00. The van der Waals surface area contributed by atoms with E-state index in [1.807, 2.05) is 4.68 Å². The number of nitrogens with zero attached hydrogens (tertiary/aromatic N) is 4. The van der Waals surface area contributed by atoms with E-state index >= 15 is 0 Å². The van der Waals surface area contributed by atoms with Crippen LogP contribution in [0.1, 0.15) is 60.3 Å². The number of fused-ring (bicyclic) bond motifs is 1. The van der Waals surface area contributed by atoms with Crippen LogP contribution in [0.25, 0.3) is 11.0 Å². The van der Waals surface area contributed by atoms with Gasteiger partial charge in [0.05, 0.1) is 11.7 Å². The van der Waals surface area contributed by atoms with Gasteiger partial charge in [-0.15, -0.1) is 0 Å². The van der Waals surface area contributed by atoms with Crippen LogP contribution >= 0.6 is 0 Å². The van der Waals surface area contributed by atoms with Crippen LogP contribution in [0.3, 0.4) is 0 Å². The molecule has 1 atom stereocenters. The normalized spacial score (nSPS) is 22.3. The van der Waals surface area contributed by atoms with Crippen LogP contribution < -0.4 is 10.5 Å². The maximum absolute atomic E-state index is 12.5. The fourth-order valence-corrected chi connectivity index (χ4v) is 3.85. The van der Waals surface area contributed by atoms with Crippen LogP contribution in [-0.2, 0) is 5.54 Å². The van der Waals surface area contributed by atoms with Crippen LogP contribution in [0.2, 0.25) is 0 Å². The van der Waals surface area contributed by atoms with Crippen molar-refractivity contribution in [3.63, 3.8) is 0 Å². The number of rotatable bonds is 3. The molecule has 0 radical (unpaired) electrons. The van der Waals surface area contributed by atoms with E-state index in [2.05, 4.69) is 49.6 Å². The molecule has 2 aromatic rings. The van der Waals surface area contributed by atoms with Crippen molar-refractivity contribution >= 4 is 17.0 Å². The predicted octanol–water partition coefficient (Wildman–Crippen LogP) is 3.28. The first kappa shape index (κ1) is 17.0. The van der Waals surface area contributed by atoms with Gasteiger partial charge >= 0.3 is 0 Å². The maximum atomic E-state index is 12.5. The minimum absolute atomic E-state index is 0.103. The summed E-state index contributed by atoms with van der Waals surface area (Å²) in [4.78, 5) is 22.5. The van der Waals surface area contributed by atoms with Gasteiger partial charge in [-0.3, -0.25) is 9.78 Å². The molecule has 1 unspecified atom stereocenters. The van der Waals surface area contributed by atoms with Gasteiger partial charge in [0.2, 0.25) is 5.95 Å². The summed E-state index contributed by atoms with van der Waals surface area (Å²) in [6.07, 6.45) is 6.38. The molecule has 0 bridgehead atoms. The number of nitrogens with one attached hydrogen (secondary N) is 1. The maximum Gasteiger partial charge on any atom is 0.263 e. The van der Waals surface area contributed by atoms with Crippen LogP contribution in [0.4, 0.5) is 5.95 Å². The molecule has 6 nitrogen and oxygen atoms in total. The van der Waals surface area contributed by atoms with Crippen molar-refractivity contribution in [2.24, 2.45) is 5.41 Å². The van der Waals surface area contributed by atoms with Crippen molar-refractivity contribution < 1.29 is 0 Å². The van der Waals surface area contributed by atoms with Crippen molar-refractivity contribution in [2.45, 2.75) is 65.8 Å². The number of aromatic amines is 1. The van der Waals surface area contributed by atoms with Crippen molar-refractivity contribution in [1.82, 2.24) is 19.7 Å². The standard InChI is InChI=1S/C18H29N5O/c1-6-8-18(5)9-7-10-22(12-18)16-20-14-13(15(24)21-16)11-19-23(14)17(2,3)4/h11H,6-10,12H2,1-5H3,(H,20,21,24). The van der Waals surface area contributed by atoms with Crippen molar-refractivity contribution in [2.75, 3.05) is 18.0 Å². The van der Waals surface area contributed by atoms with Gasteiger partial charge in [0.15, 0.2) is 5.65 Å². The number of anilines is 1. The quantitative estimate of drug-likeness (QED) is 0.937. The summed E-state index contributed by atoms with van der Waals surface area (Å²) in [5, 5.41) is 4.94. The topological polar surface area (TPSA) is 66.8 Å². The number of hydrogen-bond acceptors (Lipinski definition) is 4. The summed E-state index contributed by atoms with van der Waals surface area (Å²) in [7, 11) is 0. The van der Waals surface area contributed by atoms with Gasteiger partial charge in [-0.05, 0) is 45.4 Å². The van der Waals surface area contributed by atoms with E-state index in [4.69, 9.17) is 4.98 Å². The summed E-state index contributed by atoms with van der Waals surface area (Å²) in [5.41, 5.74) is 0.653. The lowest BCUT2D eigenvalue weighted by molar-refractivity contribution is 0.237. The molecule has 6 heteroatoms. The Labute approximate surface area is 143 Å². The summed E-state index contributed by atoms with van der Waals surface area (Å²) < 4.78 is 1.84. The zero-order valence-corrected chi connectivity index (χ0v) is 15.5. The Morgan fingerprint density at radius 3 is 2.79 bits per heavy atom. The highest BCUT2D eigenvalue weighted by Crippen LogP contribution is 2.35. The lowest BCUT2D eigenvalue weighted by Gasteiger charge is -2.40. The van der Waals surface area contributed by atoms with Crippen molar-refractivity contribution in [1.29, 1.82) is 0 Å². The first-order valence-electron chi connectivity index (χ1n) is 8.97. The smallest absolute Gasteiger partial charge is 0.263 e. The Balaban J connectivity index is 2.02.